The molecule has 5 nitrogen and oxygen atoms in total. The normalized spacial score (nSPS) is 11.8. The molecule has 1 unspecified atom stereocenters. The Morgan fingerprint density at radius 2 is 2.04 bits per heavy atom. The molecule has 1 amide bonds. The zero-order valence-electron chi connectivity index (χ0n) is 14.2. The Hall–Kier alpha value is -2.08. The second-order valence-electron chi connectivity index (χ2n) is 5.72. The summed E-state index contributed by atoms with van der Waals surface area (Å²) in [5.74, 6) is 0.466. The van der Waals surface area contributed by atoms with Crippen molar-refractivity contribution >= 4 is 17.5 Å². The highest BCUT2D eigenvalue weighted by Crippen LogP contribution is 2.19. The van der Waals surface area contributed by atoms with Crippen LogP contribution in [0.4, 0.5) is 0 Å². The maximum absolute atomic E-state index is 12.1. The van der Waals surface area contributed by atoms with Crippen molar-refractivity contribution < 1.29 is 14.6 Å². The molecule has 1 atom stereocenters. The van der Waals surface area contributed by atoms with Gasteiger partial charge in [0.2, 0.25) is 0 Å². The molecule has 0 aliphatic carbocycles. The van der Waals surface area contributed by atoms with E-state index in [1.807, 2.05) is 18.2 Å². The fourth-order valence-corrected chi connectivity index (χ4v) is 2.76. The molecule has 134 valence electrons. The Bertz CT molecular complexity index is 722. The first-order valence-electron chi connectivity index (χ1n) is 8.11. The lowest BCUT2D eigenvalue weighted by Crippen LogP contribution is -2.32. The number of methoxy groups -OCH3 is 1. The summed E-state index contributed by atoms with van der Waals surface area (Å²) in [4.78, 5) is 12.1. The van der Waals surface area contributed by atoms with E-state index >= 15 is 0 Å². The van der Waals surface area contributed by atoms with Gasteiger partial charge in [-0.15, -0.1) is 0 Å². The number of aryl methyl sites for hydroxylation is 1. The number of benzene rings is 2. The highest BCUT2D eigenvalue weighted by molar-refractivity contribution is 6.33. The summed E-state index contributed by atoms with van der Waals surface area (Å²) in [5.41, 5.74) is 8.23. The van der Waals surface area contributed by atoms with Crippen molar-refractivity contribution in [3.05, 3.63) is 64.2 Å². The zero-order chi connectivity index (χ0) is 18.2. The van der Waals surface area contributed by atoms with Crippen LogP contribution in [0.25, 0.3) is 0 Å². The van der Waals surface area contributed by atoms with Gasteiger partial charge in [-0.2, -0.15) is 0 Å². The lowest BCUT2D eigenvalue weighted by atomic mass is 10.0. The number of aliphatic hydroxyl groups excluding tert-OH is 1. The van der Waals surface area contributed by atoms with Gasteiger partial charge >= 0.3 is 0 Å². The first-order chi connectivity index (χ1) is 12.0. The Labute approximate surface area is 152 Å². The molecule has 0 heterocycles. The van der Waals surface area contributed by atoms with Gasteiger partial charge in [-0.05, 0) is 48.2 Å². The standard InChI is InChI=1S/C19H23ClN2O3/c1-25-16-9-7-13(14(10-16)11-21)6-8-15(23)12-22-19(24)17-4-2-3-5-18(17)20/h2-5,7,9-10,15,23H,6,8,11-12,21H2,1H3,(H,22,24). The van der Waals surface area contributed by atoms with Crippen LogP contribution in [0.5, 0.6) is 5.75 Å². The largest absolute Gasteiger partial charge is 0.497 e. The highest BCUT2D eigenvalue weighted by atomic mass is 35.5. The minimum Gasteiger partial charge on any atom is -0.497 e. The van der Waals surface area contributed by atoms with Crippen LogP contribution in [0.3, 0.4) is 0 Å². The van der Waals surface area contributed by atoms with Crippen LogP contribution >= 0.6 is 11.6 Å². The Morgan fingerprint density at radius 3 is 2.72 bits per heavy atom. The van der Waals surface area contributed by atoms with E-state index in [4.69, 9.17) is 22.1 Å². The SMILES string of the molecule is COc1ccc(CCC(O)CNC(=O)c2ccccc2Cl)c(CN)c1. The Balaban J connectivity index is 1.86. The average Bonchev–Trinajstić information content (AvgIpc) is 2.64. The van der Waals surface area contributed by atoms with Gasteiger partial charge in [0.1, 0.15) is 5.75 Å². The maximum atomic E-state index is 12.1. The van der Waals surface area contributed by atoms with E-state index in [1.165, 1.54) is 0 Å². The number of rotatable bonds is 8. The molecule has 4 N–H and O–H groups in total. The van der Waals surface area contributed by atoms with Crippen LogP contribution in [0.1, 0.15) is 27.9 Å². The number of carbonyl (C=O) groups is 1. The predicted octanol–water partition coefficient (Wildman–Crippen LogP) is 2.53. The number of ether oxygens (including phenoxy) is 1. The first kappa shape index (κ1) is 19.2. The van der Waals surface area contributed by atoms with E-state index < -0.39 is 6.10 Å². The number of amides is 1. The molecule has 0 aromatic heterocycles. The van der Waals surface area contributed by atoms with Crippen molar-refractivity contribution in [3.8, 4) is 5.75 Å². The Kier molecular flexibility index (Phi) is 7.25. The van der Waals surface area contributed by atoms with Crippen molar-refractivity contribution in [3.63, 3.8) is 0 Å². The molecule has 0 saturated heterocycles. The molecule has 6 heteroatoms. The van der Waals surface area contributed by atoms with Gasteiger partial charge < -0.3 is 20.9 Å². The highest BCUT2D eigenvalue weighted by Gasteiger charge is 2.12. The molecule has 0 aliphatic heterocycles. The average molecular weight is 363 g/mol. The van der Waals surface area contributed by atoms with Gasteiger partial charge in [0.25, 0.3) is 5.91 Å². The van der Waals surface area contributed by atoms with Crippen LogP contribution < -0.4 is 15.8 Å². The van der Waals surface area contributed by atoms with E-state index in [0.29, 0.717) is 30.0 Å². The molecule has 0 bridgehead atoms. The second-order valence-corrected chi connectivity index (χ2v) is 6.13. The van der Waals surface area contributed by atoms with Gasteiger partial charge in [0.05, 0.1) is 23.8 Å². The number of nitrogens with two attached hydrogens (primary N) is 1. The van der Waals surface area contributed by atoms with Crippen LogP contribution in [-0.2, 0) is 13.0 Å². The second kappa shape index (κ2) is 9.42. The fourth-order valence-electron chi connectivity index (χ4n) is 2.54. The van der Waals surface area contributed by atoms with Gasteiger partial charge in [-0.1, -0.05) is 29.8 Å². The summed E-state index contributed by atoms with van der Waals surface area (Å²) in [6.45, 7) is 0.573. The number of hydrogen-bond acceptors (Lipinski definition) is 4. The smallest absolute Gasteiger partial charge is 0.252 e. The van der Waals surface area contributed by atoms with Crippen molar-refractivity contribution in [2.75, 3.05) is 13.7 Å². The molecule has 2 rings (SSSR count). The molecule has 0 radical (unpaired) electrons. The van der Waals surface area contributed by atoms with Gasteiger partial charge in [0.15, 0.2) is 0 Å². The number of nitrogens with one attached hydrogen (secondary N) is 1. The number of aliphatic hydroxyl groups is 1. The van der Waals surface area contributed by atoms with Crippen LogP contribution in [0, 0.1) is 0 Å². The van der Waals surface area contributed by atoms with Crippen molar-refractivity contribution in [1.82, 2.24) is 5.32 Å². The molecule has 0 saturated carbocycles. The van der Waals surface area contributed by atoms with E-state index in [1.54, 1.807) is 31.4 Å². The summed E-state index contributed by atoms with van der Waals surface area (Å²) >= 11 is 5.99. The summed E-state index contributed by atoms with van der Waals surface area (Å²) in [5, 5.41) is 13.2. The van der Waals surface area contributed by atoms with E-state index in [2.05, 4.69) is 5.32 Å². The number of hydrogen-bond donors (Lipinski definition) is 3. The molecule has 25 heavy (non-hydrogen) atoms. The third kappa shape index (κ3) is 5.46. The number of carbonyl (C=O) groups excluding carboxylic acids is 1. The van der Waals surface area contributed by atoms with Crippen molar-refractivity contribution in [1.29, 1.82) is 0 Å². The first-order valence-corrected chi connectivity index (χ1v) is 8.49. The lowest BCUT2D eigenvalue weighted by Gasteiger charge is -2.14. The van der Waals surface area contributed by atoms with Crippen LogP contribution in [0.2, 0.25) is 5.02 Å². The Morgan fingerprint density at radius 1 is 1.28 bits per heavy atom. The van der Waals surface area contributed by atoms with Crippen LogP contribution in [-0.4, -0.2) is 30.8 Å². The zero-order valence-corrected chi connectivity index (χ0v) is 14.9. The molecule has 2 aromatic carbocycles. The van der Waals surface area contributed by atoms with Gasteiger partial charge in [-0.25, -0.2) is 0 Å². The van der Waals surface area contributed by atoms with E-state index in [-0.39, 0.29) is 12.5 Å². The van der Waals surface area contributed by atoms with Crippen molar-refractivity contribution in [2.24, 2.45) is 5.73 Å². The number of halogens is 1. The van der Waals surface area contributed by atoms with E-state index in [9.17, 15) is 9.90 Å². The molecule has 0 fully saturated rings. The summed E-state index contributed by atoms with van der Waals surface area (Å²) in [7, 11) is 1.61. The third-order valence-corrected chi connectivity index (χ3v) is 4.33. The lowest BCUT2D eigenvalue weighted by molar-refractivity contribution is 0.0911. The minimum atomic E-state index is -0.654. The third-order valence-electron chi connectivity index (χ3n) is 4.00. The molecular formula is C19H23ClN2O3. The van der Waals surface area contributed by atoms with Gasteiger partial charge in [-0.3, -0.25) is 4.79 Å². The molecule has 0 spiro atoms. The summed E-state index contributed by atoms with van der Waals surface area (Å²) in [6, 6.07) is 12.5. The van der Waals surface area contributed by atoms with Crippen molar-refractivity contribution in [2.45, 2.75) is 25.5 Å². The quantitative estimate of drug-likeness (QED) is 0.673. The van der Waals surface area contributed by atoms with Gasteiger partial charge in [0, 0.05) is 13.1 Å². The van der Waals surface area contributed by atoms with Crippen LogP contribution in [0.15, 0.2) is 42.5 Å². The molecule has 0 aliphatic rings. The monoisotopic (exact) mass is 362 g/mol. The summed E-state index contributed by atoms with van der Waals surface area (Å²) < 4.78 is 5.19. The topological polar surface area (TPSA) is 84.6 Å². The molecule has 2 aromatic rings. The maximum Gasteiger partial charge on any atom is 0.252 e. The fraction of sp³-hybridized carbons (Fsp3) is 0.316. The summed E-state index contributed by atoms with van der Waals surface area (Å²) in [6.07, 6.45) is 0.529. The predicted molar refractivity (Wildman–Crippen MR) is 99.0 cm³/mol. The van der Waals surface area contributed by atoms with E-state index in [0.717, 1.165) is 16.9 Å². The molecular weight excluding hydrogens is 340 g/mol. The minimum absolute atomic E-state index is 0.165.